The summed E-state index contributed by atoms with van der Waals surface area (Å²) in [6.45, 7) is 2.74. The molecule has 4 rings (SSSR count). The molecule has 0 unspecified atom stereocenters. The molecule has 0 saturated heterocycles. The van der Waals surface area contributed by atoms with E-state index >= 15 is 0 Å². The predicted molar refractivity (Wildman–Crippen MR) is 126 cm³/mol. The molecule has 2 heterocycles. The molecule has 34 heavy (non-hydrogen) atoms. The minimum atomic E-state index is -1.09. The molecule has 0 N–H and O–H groups in total. The van der Waals surface area contributed by atoms with Crippen LogP contribution in [0.25, 0.3) is 11.0 Å². The zero-order valence-electron chi connectivity index (χ0n) is 19.8. The summed E-state index contributed by atoms with van der Waals surface area (Å²) >= 11 is 0. The lowest BCUT2D eigenvalue weighted by Crippen LogP contribution is -2.50. The molecular weight excluding hydrogens is 438 g/mol. The van der Waals surface area contributed by atoms with Crippen molar-refractivity contribution in [3.63, 3.8) is 0 Å². The zero-order valence-corrected chi connectivity index (χ0v) is 19.8. The smallest absolute Gasteiger partial charge is 0.321 e. The van der Waals surface area contributed by atoms with Gasteiger partial charge in [-0.2, -0.15) is 0 Å². The van der Waals surface area contributed by atoms with E-state index < -0.39 is 17.9 Å². The normalized spacial score (nSPS) is 17.5. The van der Waals surface area contributed by atoms with Crippen LogP contribution in [-0.4, -0.2) is 62.5 Å². The van der Waals surface area contributed by atoms with Crippen molar-refractivity contribution < 1.29 is 28.5 Å². The van der Waals surface area contributed by atoms with E-state index in [1.807, 2.05) is 34.9 Å². The third-order valence-electron chi connectivity index (χ3n) is 5.96. The summed E-state index contributed by atoms with van der Waals surface area (Å²) in [6, 6.07) is 12.4. The molecule has 0 spiro atoms. The van der Waals surface area contributed by atoms with Crippen molar-refractivity contribution in [1.29, 1.82) is 0 Å². The van der Waals surface area contributed by atoms with Crippen molar-refractivity contribution in [2.24, 2.45) is 5.92 Å². The Hall–Kier alpha value is -3.59. The maximum Gasteiger partial charge on any atom is 0.321 e. The Bertz CT molecular complexity index is 1190. The number of carbonyl (C=O) groups is 2. The third kappa shape index (κ3) is 4.07. The molecule has 0 bridgehead atoms. The lowest BCUT2D eigenvalue weighted by atomic mass is 9.89. The molecule has 9 nitrogen and oxygen atoms in total. The Morgan fingerprint density at radius 3 is 2.53 bits per heavy atom. The summed E-state index contributed by atoms with van der Waals surface area (Å²) in [7, 11) is 4.72. The number of amides is 1. The molecule has 0 aliphatic carbocycles. The second-order valence-electron chi connectivity index (χ2n) is 7.90. The van der Waals surface area contributed by atoms with E-state index in [0.717, 1.165) is 11.0 Å². The number of fused-ring (bicyclic) bond motifs is 3. The lowest BCUT2D eigenvalue weighted by molar-refractivity contribution is -0.153. The number of carbonyl (C=O) groups excluding carboxylic acids is 2. The summed E-state index contributed by atoms with van der Waals surface area (Å²) < 4.78 is 23.4. The average Bonchev–Trinajstić information content (AvgIpc) is 3.23. The van der Waals surface area contributed by atoms with E-state index in [0.29, 0.717) is 42.6 Å². The maximum atomic E-state index is 13.8. The molecule has 9 heteroatoms. The highest BCUT2D eigenvalue weighted by Gasteiger charge is 2.47. The quantitative estimate of drug-likeness (QED) is 0.271. The van der Waals surface area contributed by atoms with E-state index in [1.165, 1.54) is 0 Å². The first-order chi connectivity index (χ1) is 16.5. The summed E-state index contributed by atoms with van der Waals surface area (Å²) in [5.41, 5.74) is 2.26. The van der Waals surface area contributed by atoms with E-state index in [1.54, 1.807) is 45.3 Å². The van der Waals surface area contributed by atoms with E-state index in [4.69, 9.17) is 23.9 Å². The highest BCUT2D eigenvalue weighted by molar-refractivity contribution is 6.08. The number of para-hydroxylation sites is 2. The molecule has 1 amide bonds. The zero-order chi connectivity index (χ0) is 24.2. The molecule has 1 aliphatic rings. The predicted octanol–water partition coefficient (Wildman–Crippen LogP) is 3.21. The van der Waals surface area contributed by atoms with Crippen LogP contribution in [0, 0.1) is 5.92 Å². The van der Waals surface area contributed by atoms with Gasteiger partial charge >= 0.3 is 5.97 Å². The van der Waals surface area contributed by atoms with Crippen molar-refractivity contribution in [3.8, 4) is 11.5 Å². The van der Waals surface area contributed by atoms with Crippen LogP contribution in [-0.2, 0) is 19.1 Å². The van der Waals surface area contributed by atoms with Gasteiger partial charge in [0.1, 0.15) is 0 Å². The van der Waals surface area contributed by atoms with Gasteiger partial charge in [0.15, 0.2) is 17.4 Å². The van der Waals surface area contributed by atoms with E-state index in [-0.39, 0.29) is 12.5 Å². The van der Waals surface area contributed by atoms with Crippen LogP contribution in [0.15, 0.2) is 42.5 Å². The van der Waals surface area contributed by atoms with Crippen LogP contribution >= 0.6 is 0 Å². The molecule has 180 valence electrons. The van der Waals surface area contributed by atoms with Crippen LogP contribution in [0.3, 0.4) is 0 Å². The maximum absolute atomic E-state index is 13.8. The number of aromatic nitrogens is 2. The van der Waals surface area contributed by atoms with Gasteiger partial charge in [0, 0.05) is 20.3 Å². The Morgan fingerprint density at radius 2 is 1.82 bits per heavy atom. The Balaban J connectivity index is 1.95. The number of hydrogen-bond donors (Lipinski definition) is 0. The number of hydrogen-bond acceptors (Lipinski definition) is 7. The molecule has 2 aromatic carbocycles. The van der Waals surface area contributed by atoms with Crippen molar-refractivity contribution in [3.05, 3.63) is 48.0 Å². The molecular formula is C25H29N3O6. The number of nitrogens with zero attached hydrogens (tertiary/aromatic N) is 3. The summed E-state index contributed by atoms with van der Waals surface area (Å²) in [4.78, 5) is 33.4. The first-order valence-electron chi connectivity index (χ1n) is 11.2. The summed E-state index contributed by atoms with van der Waals surface area (Å²) in [5, 5.41) is 0. The fraction of sp³-hybridized carbons (Fsp3) is 0.400. The SMILES string of the molecule is CCOC(=O)[C@@H]1C(=O)N(CCCOC)c2nc3ccccc3n2[C@@H]1c1ccc(OC)c(OC)c1. The fourth-order valence-corrected chi connectivity index (χ4v) is 4.46. The standard InChI is InChI=1S/C25H29N3O6/c1-5-34-24(30)21-22(16-11-12-19(32-3)20(15-16)33-4)28-18-10-7-6-9-17(18)26-25(28)27(23(21)29)13-8-14-31-2/h6-7,9-12,15,21-22H,5,8,13-14H2,1-4H3/t21-,22+/m0/s1. The minimum absolute atomic E-state index is 0.169. The summed E-state index contributed by atoms with van der Waals surface area (Å²) in [5.74, 6) is -0.473. The van der Waals surface area contributed by atoms with Gasteiger partial charge < -0.3 is 23.5 Å². The van der Waals surface area contributed by atoms with Crippen LogP contribution in [0.5, 0.6) is 11.5 Å². The van der Waals surface area contributed by atoms with Gasteiger partial charge in [-0.25, -0.2) is 4.98 Å². The number of benzene rings is 2. The van der Waals surface area contributed by atoms with Crippen molar-refractivity contribution in [2.45, 2.75) is 19.4 Å². The lowest BCUT2D eigenvalue weighted by Gasteiger charge is -2.38. The molecule has 1 aliphatic heterocycles. The van der Waals surface area contributed by atoms with Gasteiger partial charge in [0.25, 0.3) is 0 Å². The van der Waals surface area contributed by atoms with Crippen LogP contribution < -0.4 is 14.4 Å². The Labute approximate surface area is 198 Å². The fourth-order valence-electron chi connectivity index (χ4n) is 4.46. The number of methoxy groups -OCH3 is 3. The first-order valence-corrected chi connectivity index (χ1v) is 11.2. The third-order valence-corrected chi connectivity index (χ3v) is 5.96. The van der Waals surface area contributed by atoms with E-state index in [2.05, 4.69) is 0 Å². The van der Waals surface area contributed by atoms with Crippen LogP contribution in [0.2, 0.25) is 0 Å². The second kappa shape index (κ2) is 10.1. The van der Waals surface area contributed by atoms with Crippen LogP contribution in [0.1, 0.15) is 24.9 Å². The van der Waals surface area contributed by atoms with Gasteiger partial charge in [-0.1, -0.05) is 18.2 Å². The van der Waals surface area contributed by atoms with Crippen LogP contribution in [0.4, 0.5) is 5.95 Å². The van der Waals surface area contributed by atoms with Crippen molar-refractivity contribution in [1.82, 2.24) is 9.55 Å². The van der Waals surface area contributed by atoms with Gasteiger partial charge in [-0.05, 0) is 43.2 Å². The van der Waals surface area contributed by atoms with Gasteiger partial charge in [-0.3, -0.25) is 14.5 Å². The topological polar surface area (TPSA) is 92.1 Å². The van der Waals surface area contributed by atoms with Gasteiger partial charge in [0.05, 0.1) is 37.9 Å². The minimum Gasteiger partial charge on any atom is -0.493 e. The van der Waals surface area contributed by atoms with E-state index in [9.17, 15) is 9.59 Å². The molecule has 0 saturated carbocycles. The molecule has 0 radical (unpaired) electrons. The number of ether oxygens (including phenoxy) is 4. The van der Waals surface area contributed by atoms with Crippen molar-refractivity contribution in [2.75, 3.05) is 46.0 Å². The highest BCUT2D eigenvalue weighted by Crippen LogP contribution is 2.43. The largest absolute Gasteiger partial charge is 0.493 e. The monoisotopic (exact) mass is 467 g/mol. The molecule has 2 atom stereocenters. The molecule has 0 fully saturated rings. The number of imidazole rings is 1. The number of esters is 1. The molecule has 1 aromatic heterocycles. The number of rotatable bonds is 9. The first kappa shape index (κ1) is 23.6. The number of anilines is 1. The Morgan fingerprint density at radius 1 is 1.06 bits per heavy atom. The second-order valence-corrected chi connectivity index (χ2v) is 7.90. The van der Waals surface area contributed by atoms with Gasteiger partial charge in [0.2, 0.25) is 11.9 Å². The Kier molecular flexibility index (Phi) is 7.02. The van der Waals surface area contributed by atoms with Gasteiger partial charge in [-0.15, -0.1) is 0 Å². The highest BCUT2D eigenvalue weighted by atomic mass is 16.5. The molecule has 3 aromatic rings. The van der Waals surface area contributed by atoms with Crippen molar-refractivity contribution >= 4 is 28.9 Å². The average molecular weight is 468 g/mol. The summed E-state index contributed by atoms with van der Waals surface area (Å²) in [6.07, 6.45) is 0.599.